The van der Waals surface area contributed by atoms with E-state index in [-0.39, 0.29) is 11.8 Å². The highest BCUT2D eigenvalue weighted by molar-refractivity contribution is 5.78. The Labute approximate surface area is 108 Å². The van der Waals surface area contributed by atoms with Crippen LogP contribution in [0.5, 0.6) is 0 Å². The van der Waals surface area contributed by atoms with E-state index >= 15 is 0 Å². The van der Waals surface area contributed by atoms with E-state index in [4.69, 9.17) is 0 Å². The fourth-order valence-corrected chi connectivity index (χ4v) is 2.18. The van der Waals surface area contributed by atoms with Gasteiger partial charge in [-0.3, -0.25) is 9.59 Å². The van der Waals surface area contributed by atoms with Gasteiger partial charge in [-0.15, -0.1) is 0 Å². The number of likely N-dealkylation sites (tertiary alicyclic amines) is 1. The first kappa shape index (κ1) is 13.3. The second kappa shape index (κ2) is 6.73. The Morgan fingerprint density at radius 3 is 2.56 bits per heavy atom. The molecule has 2 N–H and O–H groups in total. The average molecular weight is 253 g/mol. The molecule has 5 nitrogen and oxygen atoms in total. The van der Waals surface area contributed by atoms with Crippen molar-refractivity contribution in [1.82, 2.24) is 15.5 Å². The van der Waals surface area contributed by atoms with Crippen LogP contribution in [0.3, 0.4) is 0 Å². The minimum absolute atomic E-state index is 0.144. The van der Waals surface area contributed by atoms with Crippen molar-refractivity contribution >= 4 is 11.8 Å². The maximum atomic E-state index is 11.7. The van der Waals surface area contributed by atoms with E-state index in [1.165, 1.54) is 0 Å². The summed E-state index contributed by atoms with van der Waals surface area (Å²) in [6.45, 7) is 2.95. The summed E-state index contributed by atoms with van der Waals surface area (Å²) < 4.78 is 0. The first-order chi connectivity index (χ1) is 8.75. The lowest BCUT2D eigenvalue weighted by molar-refractivity contribution is -0.129. The van der Waals surface area contributed by atoms with Crippen molar-refractivity contribution < 1.29 is 9.59 Å². The fourth-order valence-electron chi connectivity index (χ4n) is 2.18. The maximum Gasteiger partial charge on any atom is 0.236 e. The molecule has 0 aromatic heterocycles. The smallest absolute Gasteiger partial charge is 0.236 e. The van der Waals surface area contributed by atoms with Crippen molar-refractivity contribution in [2.24, 2.45) is 0 Å². The van der Waals surface area contributed by atoms with E-state index in [9.17, 15) is 9.59 Å². The SMILES string of the molecule is O=C(CCCNCC(=O)N1CCCC1)NC1CC1. The quantitative estimate of drug-likeness (QED) is 0.640. The molecule has 2 fully saturated rings. The van der Waals surface area contributed by atoms with Crippen LogP contribution in [0.1, 0.15) is 38.5 Å². The molecule has 1 saturated heterocycles. The van der Waals surface area contributed by atoms with Gasteiger partial charge in [0, 0.05) is 25.6 Å². The predicted octanol–water partition coefficient (Wildman–Crippen LogP) is 0.257. The molecule has 1 heterocycles. The van der Waals surface area contributed by atoms with Gasteiger partial charge in [0.2, 0.25) is 11.8 Å². The van der Waals surface area contributed by atoms with E-state index < -0.39 is 0 Å². The number of hydrogen-bond donors (Lipinski definition) is 2. The Morgan fingerprint density at radius 1 is 1.17 bits per heavy atom. The average Bonchev–Trinajstić information content (AvgIpc) is 2.98. The molecular weight excluding hydrogens is 230 g/mol. The normalized spacial score (nSPS) is 19.0. The molecule has 0 atom stereocenters. The van der Waals surface area contributed by atoms with Crippen LogP contribution in [-0.2, 0) is 9.59 Å². The molecule has 5 heteroatoms. The van der Waals surface area contributed by atoms with Crippen molar-refractivity contribution in [3.8, 4) is 0 Å². The highest BCUT2D eigenvalue weighted by Crippen LogP contribution is 2.18. The van der Waals surface area contributed by atoms with Gasteiger partial charge in [0.15, 0.2) is 0 Å². The van der Waals surface area contributed by atoms with Gasteiger partial charge in [0.05, 0.1) is 6.54 Å². The molecule has 2 rings (SSSR count). The van der Waals surface area contributed by atoms with Crippen LogP contribution in [0.25, 0.3) is 0 Å². The standard InChI is InChI=1S/C13H23N3O2/c17-12(15-11-5-6-11)4-3-7-14-10-13(18)16-8-1-2-9-16/h11,14H,1-10H2,(H,15,17). The fraction of sp³-hybridized carbons (Fsp3) is 0.846. The maximum absolute atomic E-state index is 11.7. The Kier molecular flexibility index (Phi) is 4.99. The van der Waals surface area contributed by atoms with Gasteiger partial charge < -0.3 is 15.5 Å². The van der Waals surface area contributed by atoms with Crippen molar-refractivity contribution in [1.29, 1.82) is 0 Å². The number of carbonyl (C=O) groups excluding carboxylic acids is 2. The Bertz CT molecular complexity index is 297. The Morgan fingerprint density at radius 2 is 1.89 bits per heavy atom. The number of nitrogens with one attached hydrogen (secondary N) is 2. The second-order valence-corrected chi connectivity index (χ2v) is 5.21. The summed E-state index contributed by atoms with van der Waals surface area (Å²) >= 11 is 0. The molecule has 0 spiro atoms. The van der Waals surface area contributed by atoms with E-state index in [2.05, 4.69) is 10.6 Å². The lowest BCUT2D eigenvalue weighted by atomic mass is 10.3. The first-order valence-electron chi connectivity index (χ1n) is 7.03. The highest BCUT2D eigenvalue weighted by atomic mass is 16.2. The number of carbonyl (C=O) groups is 2. The molecule has 0 aromatic rings. The monoisotopic (exact) mass is 253 g/mol. The summed E-state index contributed by atoms with van der Waals surface area (Å²) in [4.78, 5) is 25.0. The van der Waals surface area contributed by atoms with Crippen molar-refractivity contribution in [3.63, 3.8) is 0 Å². The summed E-state index contributed by atoms with van der Waals surface area (Å²) in [6.07, 6.45) is 5.88. The predicted molar refractivity (Wildman–Crippen MR) is 69.1 cm³/mol. The molecule has 1 saturated carbocycles. The van der Waals surface area contributed by atoms with Crippen LogP contribution in [-0.4, -0.2) is 48.9 Å². The van der Waals surface area contributed by atoms with E-state index in [0.29, 0.717) is 19.0 Å². The molecule has 18 heavy (non-hydrogen) atoms. The van der Waals surface area contributed by atoms with Crippen LogP contribution >= 0.6 is 0 Å². The van der Waals surface area contributed by atoms with Crippen LogP contribution < -0.4 is 10.6 Å². The van der Waals surface area contributed by atoms with Crippen LogP contribution in [0, 0.1) is 0 Å². The van der Waals surface area contributed by atoms with E-state index in [1.807, 2.05) is 4.90 Å². The first-order valence-corrected chi connectivity index (χ1v) is 7.03. The molecule has 0 unspecified atom stereocenters. The van der Waals surface area contributed by atoms with Crippen LogP contribution in [0.2, 0.25) is 0 Å². The van der Waals surface area contributed by atoms with Gasteiger partial charge in [-0.25, -0.2) is 0 Å². The summed E-state index contributed by atoms with van der Waals surface area (Å²) in [7, 11) is 0. The third-order valence-electron chi connectivity index (χ3n) is 3.43. The van der Waals surface area contributed by atoms with Crippen molar-refractivity contribution in [2.45, 2.75) is 44.6 Å². The third kappa shape index (κ3) is 4.64. The van der Waals surface area contributed by atoms with Gasteiger partial charge in [-0.1, -0.05) is 0 Å². The lowest BCUT2D eigenvalue weighted by Crippen LogP contribution is -2.36. The van der Waals surface area contributed by atoms with Crippen LogP contribution in [0.15, 0.2) is 0 Å². The van der Waals surface area contributed by atoms with E-state index in [0.717, 1.165) is 51.7 Å². The van der Waals surface area contributed by atoms with Gasteiger partial charge in [0.25, 0.3) is 0 Å². The molecule has 2 amide bonds. The number of rotatable bonds is 7. The largest absolute Gasteiger partial charge is 0.353 e. The molecule has 2 aliphatic rings. The molecule has 0 radical (unpaired) electrons. The Hall–Kier alpha value is -1.10. The Balaban J connectivity index is 1.45. The number of amides is 2. The third-order valence-corrected chi connectivity index (χ3v) is 3.43. The van der Waals surface area contributed by atoms with Gasteiger partial charge in [-0.05, 0) is 38.6 Å². The van der Waals surface area contributed by atoms with Gasteiger partial charge in [-0.2, -0.15) is 0 Å². The second-order valence-electron chi connectivity index (χ2n) is 5.21. The molecular formula is C13H23N3O2. The van der Waals surface area contributed by atoms with Gasteiger partial charge >= 0.3 is 0 Å². The molecule has 0 aromatic carbocycles. The van der Waals surface area contributed by atoms with E-state index in [1.54, 1.807) is 0 Å². The van der Waals surface area contributed by atoms with Crippen LogP contribution in [0.4, 0.5) is 0 Å². The number of hydrogen-bond acceptors (Lipinski definition) is 3. The summed E-state index contributed by atoms with van der Waals surface area (Å²) in [5, 5.41) is 6.07. The number of nitrogens with zero attached hydrogens (tertiary/aromatic N) is 1. The molecule has 1 aliphatic carbocycles. The molecule has 0 bridgehead atoms. The molecule has 1 aliphatic heterocycles. The minimum Gasteiger partial charge on any atom is -0.353 e. The van der Waals surface area contributed by atoms with Crippen molar-refractivity contribution in [2.75, 3.05) is 26.2 Å². The molecule has 102 valence electrons. The summed E-state index contributed by atoms with van der Waals surface area (Å²) in [5.74, 6) is 0.333. The zero-order chi connectivity index (χ0) is 12.8. The zero-order valence-electron chi connectivity index (χ0n) is 10.9. The van der Waals surface area contributed by atoms with Crippen molar-refractivity contribution in [3.05, 3.63) is 0 Å². The minimum atomic E-state index is 0.144. The summed E-state index contributed by atoms with van der Waals surface area (Å²) in [6, 6.07) is 0.446. The van der Waals surface area contributed by atoms with Gasteiger partial charge in [0.1, 0.15) is 0 Å². The zero-order valence-corrected chi connectivity index (χ0v) is 10.9. The lowest BCUT2D eigenvalue weighted by Gasteiger charge is -2.15. The summed E-state index contributed by atoms with van der Waals surface area (Å²) in [5.41, 5.74) is 0. The topological polar surface area (TPSA) is 61.4 Å². The highest BCUT2D eigenvalue weighted by Gasteiger charge is 2.22.